The van der Waals surface area contributed by atoms with Gasteiger partial charge in [0, 0.05) is 18.8 Å². The van der Waals surface area contributed by atoms with Crippen molar-refractivity contribution in [3.8, 4) is 0 Å². The zero-order chi connectivity index (χ0) is 14.9. The minimum atomic E-state index is 0.555. The molecule has 2 aliphatic rings. The van der Waals surface area contributed by atoms with Gasteiger partial charge in [-0.05, 0) is 56.8 Å². The van der Waals surface area contributed by atoms with E-state index in [4.69, 9.17) is 5.73 Å². The molecule has 0 saturated carbocycles. The van der Waals surface area contributed by atoms with E-state index >= 15 is 0 Å². The van der Waals surface area contributed by atoms with E-state index in [1.54, 1.807) is 6.20 Å². The SMILES string of the molecule is C=CN=C(/C=C\CN)C1=CCC(N2CCCCCC2)CC1. The number of rotatable bonds is 5. The number of aliphatic imine (C=N–C) groups is 1. The number of hydrogen-bond donors (Lipinski definition) is 1. The Bertz CT molecular complexity index is 412. The third kappa shape index (κ3) is 4.94. The zero-order valence-corrected chi connectivity index (χ0v) is 13.1. The van der Waals surface area contributed by atoms with Crippen LogP contribution in [0.25, 0.3) is 0 Å². The van der Waals surface area contributed by atoms with E-state index in [2.05, 4.69) is 22.5 Å². The van der Waals surface area contributed by atoms with Crippen LogP contribution in [0.5, 0.6) is 0 Å². The Morgan fingerprint density at radius 3 is 2.67 bits per heavy atom. The summed E-state index contributed by atoms with van der Waals surface area (Å²) >= 11 is 0. The van der Waals surface area contributed by atoms with Crippen molar-refractivity contribution in [2.24, 2.45) is 10.7 Å². The second-order valence-corrected chi connectivity index (χ2v) is 5.94. The highest BCUT2D eigenvalue weighted by molar-refractivity contribution is 6.08. The lowest BCUT2D eigenvalue weighted by Gasteiger charge is -2.33. The minimum Gasteiger partial charge on any atom is -0.327 e. The molecule has 0 aromatic carbocycles. The predicted molar refractivity (Wildman–Crippen MR) is 91.6 cm³/mol. The second kappa shape index (κ2) is 8.96. The van der Waals surface area contributed by atoms with Gasteiger partial charge in [0.05, 0.1) is 5.71 Å². The molecule has 2 rings (SSSR count). The summed E-state index contributed by atoms with van der Waals surface area (Å²) in [5.74, 6) is 0. The van der Waals surface area contributed by atoms with Gasteiger partial charge < -0.3 is 10.6 Å². The van der Waals surface area contributed by atoms with E-state index in [0.717, 1.165) is 24.6 Å². The van der Waals surface area contributed by atoms with Crippen molar-refractivity contribution in [1.29, 1.82) is 0 Å². The van der Waals surface area contributed by atoms with Crippen molar-refractivity contribution in [2.75, 3.05) is 19.6 Å². The molecule has 3 heteroatoms. The monoisotopic (exact) mass is 287 g/mol. The Kier molecular flexibility index (Phi) is 6.90. The van der Waals surface area contributed by atoms with Gasteiger partial charge in [0.1, 0.15) is 0 Å². The maximum Gasteiger partial charge on any atom is 0.0655 e. The molecule has 0 spiro atoms. The Morgan fingerprint density at radius 2 is 2.10 bits per heavy atom. The molecule has 2 N–H and O–H groups in total. The first-order valence-corrected chi connectivity index (χ1v) is 8.34. The molecule has 0 radical (unpaired) electrons. The molecule has 116 valence electrons. The first kappa shape index (κ1) is 16.2. The highest BCUT2D eigenvalue weighted by Gasteiger charge is 2.22. The van der Waals surface area contributed by atoms with E-state index in [-0.39, 0.29) is 0 Å². The summed E-state index contributed by atoms with van der Waals surface area (Å²) in [6.07, 6.45) is 17.1. The van der Waals surface area contributed by atoms with Gasteiger partial charge in [0.25, 0.3) is 0 Å². The van der Waals surface area contributed by atoms with E-state index in [0.29, 0.717) is 6.54 Å². The summed E-state index contributed by atoms with van der Waals surface area (Å²) in [6.45, 7) is 6.84. The first-order chi connectivity index (χ1) is 10.3. The third-order valence-corrected chi connectivity index (χ3v) is 4.51. The Hall–Kier alpha value is -1.19. The minimum absolute atomic E-state index is 0.555. The molecule has 1 aliphatic carbocycles. The van der Waals surface area contributed by atoms with Crippen molar-refractivity contribution in [3.63, 3.8) is 0 Å². The van der Waals surface area contributed by atoms with Gasteiger partial charge >= 0.3 is 0 Å². The number of nitrogens with two attached hydrogens (primary N) is 1. The van der Waals surface area contributed by atoms with Gasteiger partial charge in [-0.15, -0.1) is 0 Å². The summed E-state index contributed by atoms with van der Waals surface area (Å²) in [5.41, 5.74) is 7.93. The van der Waals surface area contributed by atoms with Crippen molar-refractivity contribution >= 4 is 5.71 Å². The summed E-state index contributed by atoms with van der Waals surface area (Å²) in [6, 6.07) is 0.732. The second-order valence-electron chi connectivity index (χ2n) is 5.94. The Labute approximate surface area is 129 Å². The number of likely N-dealkylation sites (tertiary alicyclic amines) is 1. The number of allylic oxidation sites excluding steroid dienone is 2. The maximum absolute atomic E-state index is 5.54. The van der Waals surface area contributed by atoms with E-state index in [1.807, 2.05) is 12.2 Å². The normalized spacial score (nSPS) is 25.7. The van der Waals surface area contributed by atoms with Gasteiger partial charge in [-0.25, -0.2) is 0 Å². The molecule has 0 amide bonds. The number of hydrogen-bond acceptors (Lipinski definition) is 3. The van der Waals surface area contributed by atoms with Gasteiger partial charge in [-0.3, -0.25) is 4.99 Å². The van der Waals surface area contributed by atoms with Crippen LogP contribution < -0.4 is 5.73 Å². The Balaban J connectivity index is 1.98. The topological polar surface area (TPSA) is 41.6 Å². The van der Waals surface area contributed by atoms with Crippen LogP contribution in [0, 0.1) is 0 Å². The average Bonchev–Trinajstić information content (AvgIpc) is 2.81. The van der Waals surface area contributed by atoms with E-state index in [9.17, 15) is 0 Å². The van der Waals surface area contributed by atoms with E-state index in [1.165, 1.54) is 50.8 Å². The van der Waals surface area contributed by atoms with Crippen LogP contribution in [-0.2, 0) is 0 Å². The van der Waals surface area contributed by atoms with Crippen LogP contribution in [0.3, 0.4) is 0 Å². The van der Waals surface area contributed by atoms with Crippen molar-refractivity contribution in [3.05, 3.63) is 36.6 Å². The largest absolute Gasteiger partial charge is 0.327 e. The molecule has 3 nitrogen and oxygen atoms in total. The molecule has 1 fully saturated rings. The van der Waals surface area contributed by atoms with Crippen LogP contribution in [0.2, 0.25) is 0 Å². The highest BCUT2D eigenvalue weighted by Crippen LogP contribution is 2.26. The molecular weight excluding hydrogens is 258 g/mol. The smallest absolute Gasteiger partial charge is 0.0655 e. The fourth-order valence-corrected chi connectivity index (χ4v) is 3.36. The lowest BCUT2D eigenvalue weighted by molar-refractivity contribution is 0.190. The van der Waals surface area contributed by atoms with Gasteiger partial charge in [0.2, 0.25) is 0 Å². The molecule has 0 aromatic heterocycles. The molecule has 1 heterocycles. The number of nitrogens with zero attached hydrogens (tertiary/aromatic N) is 2. The van der Waals surface area contributed by atoms with Crippen LogP contribution in [0.4, 0.5) is 0 Å². The molecule has 0 bridgehead atoms. The summed E-state index contributed by atoms with van der Waals surface area (Å²) < 4.78 is 0. The van der Waals surface area contributed by atoms with Crippen molar-refractivity contribution in [2.45, 2.75) is 51.0 Å². The summed E-state index contributed by atoms with van der Waals surface area (Å²) in [5, 5.41) is 0. The predicted octanol–water partition coefficient (Wildman–Crippen LogP) is 3.44. The van der Waals surface area contributed by atoms with Crippen molar-refractivity contribution < 1.29 is 0 Å². The van der Waals surface area contributed by atoms with Gasteiger partial charge in [-0.1, -0.05) is 31.6 Å². The molecule has 1 saturated heterocycles. The van der Waals surface area contributed by atoms with Crippen LogP contribution in [0.1, 0.15) is 44.9 Å². The van der Waals surface area contributed by atoms with Crippen molar-refractivity contribution in [1.82, 2.24) is 4.90 Å². The van der Waals surface area contributed by atoms with Gasteiger partial charge in [0.15, 0.2) is 0 Å². The maximum atomic E-state index is 5.54. The Morgan fingerprint density at radius 1 is 1.33 bits per heavy atom. The fraction of sp³-hybridized carbons (Fsp3) is 0.611. The van der Waals surface area contributed by atoms with E-state index < -0.39 is 0 Å². The lowest BCUT2D eigenvalue weighted by atomic mass is 9.91. The standard InChI is InChI=1S/C18H29N3/c1-2-20-18(8-7-13-19)16-9-11-17(12-10-16)21-14-5-3-4-6-15-21/h2,7-9,17H,1,3-6,10-15,19H2/b8-7-,20-18?. The lowest BCUT2D eigenvalue weighted by Crippen LogP contribution is -2.37. The van der Waals surface area contributed by atoms with Crippen LogP contribution in [-0.4, -0.2) is 36.3 Å². The van der Waals surface area contributed by atoms with Crippen LogP contribution in [0.15, 0.2) is 41.6 Å². The first-order valence-electron chi connectivity index (χ1n) is 8.34. The third-order valence-electron chi connectivity index (χ3n) is 4.51. The molecule has 1 atom stereocenters. The van der Waals surface area contributed by atoms with Crippen LogP contribution >= 0.6 is 0 Å². The quantitative estimate of drug-likeness (QED) is 0.787. The highest BCUT2D eigenvalue weighted by atomic mass is 15.1. The van der Waals surface area contributed by atoms with Gasteiger partial charge in [-0.2, -0.15) is 0 Å². The fourth-order valence-electron chi connectivity index (χ4n) is 3.36. The average molecular weight is 287 g/mol. The molecule has 1 aliphatic heterocycles. The summed E-state index contributed by atoms with van der Waals surface area (Å²) in [7, 11) is 0. The molecule has 21 heavy (non-hydrogen) atoms. The summed E-state index contributed by atoms with van der Waals surface area (Å²) in [4.78, 5) is 7.10. The molecule has 0 aromatic rings. The zero-order valence-electron chi connectivity index (χ0n) is 13.1. The molecular formula is C18H29N3. The molecule has 1 unspecified atom stereocenters.